The van der Waals surface area contributed by atoms with Crippen molar-refractivity contribution in [2.24, 2.45) is 5.10 Å². The summed E-state index contributed by atoms with van der Waals surface area (Å²) < 4.78 is 0. The Balaban J connectivity index is 1.65. The van der Waals surface area contributed by atoms with Crippen LogP contribution in [0.5, 0.6) is 0 Å². The Morgan fingerprint density at radius 2 is 2.16 bits per heavy atom. The molecule has 3 rings (SSSR count). The molecule has 96 valence electrons. The molecule has 19 heavy (non-hydrogen) atoms. The fraction of sp³-hybridized carbons (Fsp3) is 0.200. The van der Waals surface area contributed by atoms with Crippen molar-refractivity contribution in [3.63, 3.8) is 0 Å². The third-order valence-electron chi connectivity index (χ3n) is 3.25. The molecule has 0 fully saturated rings. The molecule has 1 aromatic heterocycles. The molecule has 1 aliphatic carbocycles. The molecule has 0 saturated heterocycles. The first kappa shape index (κ1) is 12.1. The van der Waals surface area contributed by atoms with E-state index in [1.54, 1.807) is 12.3 Å². The number of carbonyl (C=O) groups is 1. The SMILES string of the molecule is O=C(N/N=C\c1ccc2c(c1)CCC2)c1cccs1. The zero-order valence-electron chi connectivity index (χ0n) is 10.4. The first-order valence-corrected chi connectivity index (χ1v) is 7.19. The van der Waals surface area contributed by atoms with E-state index in [0.717, 1.165) is 12.0 Å². The monoisotopic (exact) mass is 270 g/mol. The lowest BCUT2D eigenvalue weighted by atomic mass is 10.1. The van der Waals surface area contributed by atoms with E-state index in [2.05, 4.69) is 22.7 Å². The summed E-state index contributed by atoms with van der Waals surface area (Å²) in [4.78, 5) is 12.3. The van der Waals surface area contributed by atoms with Crippen LogP contribution in [0.3, 0.4) is 0 Å². The molecule has 0 atom stereocenters. The number of fused-ring (bicyclic) bond motifs is 1. The summed E-state index contributed by atoms with van der Waals surface area (Å²) in [5.41, 5.74) is 6.43. The molecule has 3 nitrogen and oxygen atoms in total. The standard InChI is InChI=1S/C15H14N2OS/c18-15(14-5-2-8-19-14)17-16-10-11-6-7-12-3-1-4-13(12)9-11/h2,5-10H,1,3-4H2,(H,17,18)/b16-10-. The molecule has 0 saturated carbocycles. The summed E-state index contributed by atoms with van der Waals surface area (Å²) in [5, 5.41) is 5.88. The second kappa shape index (κ2) is 5.36. The van der Waals surface area contributed by atoms with Gasteiger partial charge in [0.1, 0.15) is 0 Å². The van der Waals surface area contributed by atoms with Gasteiger partial charge in [-0.25, -0.2) is 5.43 Å². The molecule has 4 heteroatoms. The topological polar surface area (TPSA) is 41.5 Å². The van der Waals surface area contributed by atoms with Crippen molar-refractivity contribution in [2.45, 2.75) is 19.3 Å². The Kier molecular flexibility index (Phi) is 3.42. The van der Waals surface area contributed by atoms with Gasteiger partial charge in [-0.05, 0) is 53.5 Å². The molecule has 0 aliphatic heterocycles. The number of hydrogen-bond donors (Lipinski definition) is 1. The Bertz CT molecular complexity index is 617. The molecule has 1 amide bonds. The first-order valence-electron chi connectivity index (χ1n) is 6.31. The maximum absolute atomic E-state index is 11.7. The number of rotatable bonds is 3. The minimum absolute atomic E-state index is 0.160. The molecule has 1 aromatic carbocycles. The van der Waals surface area contributed by atoms with Gasteiger partial charge < -0.3 is 0 Å². The smallest absolute Gasteiger partial charge is 0.266 e. The highest BCUT2D eigenvalue weighted by Crippen LogP contribution is 2.22. The van der Waals surface area contributed by atoms with Crippen LogP contribution in [0, 0.1) is 0 Å². The summed E-state index contributed by atoms with van der Waals surface area (Å²) in [6, 6.07) is 9.99. The Morgan fingerprint density at radius 3 is 3.00 bits per heavy atom. The van der Waals surface area contributed by atoms with E-state index >= 15 is 0 Å². The largest absolute Gasteiger partial charge is 0.281 e. The van der Waals surface area contributed by atoms with Crippen molar-refractivity contribution in [2.75, 3.05) is 0 Å². The van der Waals surface area contributed by atoms with Crippen LogP contribution >= 0.6 is 11.3 Å². The second-order valence-corrected chi connectivity index (χ2v) is 5.51. The van der Waals surface area contributed by atoms with Crippen molar-refractivity contribution in [3.05, 3.63) is 57.3 Å². The van der Waals surface area contributed by atoms with Crippen LogP contribution in [-0.2, 0) is 12.8 Å². The molecule has 1 aliphatic rings. The summed E-state index contributed by atoms with van der Waals surface area (Å²) in [5.74, 6) is -0.160. The summed E-state index contributed by atoms with van der Waals surface area (Å²) >= 11 is 1.41. The average molecular weight is 270 g/mol. The lowest BCUT2D eigenvalue weighted by molar-refractivity contribution is 0.0959. The maximum atomic E-state index is 11.7. The third kappa shape index (κ3) is 2.74. The highest BCUT2D eigenvalue weighted by molar-refractivity contribution is 7.12. The summed E-state index contributed by atoms with van der Waals surface area (Å²) in [7, 11) is 0. The predicted octanol–water partition coefficient (Wildman–Crippen LogP) is 3.00. The van der Waals surface area contributed by atoms with E-state index in [4.69, 9.17) is 0 Å². The van der Waals surface area contributed by atoms with Gasteiger partial charge in [0.15, 0.2) is 0 Å². The van der Waals surface area contributed by atoms with Crippen molar-refractivity contribution < 1.29 is 4.79 Å². The normalized spacial score (nSPS) is 13.7. The van der Waals surface area contributed by atoms with Crippen molar-refractivity contribution in [1.82, 2.24) is 5.43 Å². The quantitative estimate of drug-likeness (QED) is 0.676. The number of benzene rings is 1. The van der Waals surface area contributed by atoms with E-state index in [1.165, 1.54) is 35.3 Å². The highest BCUT2D eigenvalue weighted by atomic mass is 32.1. The van der Waals surface area contributed by atoms with Gasteiger partial charge in [-0.3, -0.25) is 4.79 Å². The third-order valence-corrected chi connectivity index (χ3v) is 4.12. The van der Waals surface area contributed by atoms with Gasteiger partial charge in [0, 0.05) is 0 Å². The summed E-state index contributed by atoms with van der Waals surface area (Å²) in [6.07, 6.45) is 5.27. The number of amides is 1. The Hall–Kier alpha value is -1.94. The van der Waals surface area contributed by atoms with E-state index in [-0.39, 0.29) is 5.91 Å². The number of nitrogens with one attached hydrogen (secondary N) is 1. The molecule has 0 radical (unpaired) electrons. The fourth-order valence-electron chi connectivity index (χ4n) is 2.30. The minimum Gasteiger partial charge on any atom is -0.266 e. The van der Waals surface area contributed by atoms with Gasteiger partial charge in [-0.1, -0.05) is 18.2 Å². The number of nitrogens with zero attached hydrogens (tertiary/aromatic N) is 1. The molecule has 2 aromatic rings. The van der Waals surface area contributed by atoms with Gasteiger partial charge in [-0.2, -0.15) is 5.10 Å². The van der Waals surface area contributed by atoms with E-state index in [9.17, 15) is 4.79 Å². The van der Waals surface area contributed by atoms with Gasteiger partial charge in [0.25, 0.3) is 5.91 Å². The Labute approximate surface area is 116 Å². The van der Waals surface area contributed by atoms with Crippen LogP contribution < -0.4 is 5.43 Å². The van der Waals surface area contributed by atoms with Crippen molar-refractivity contribution in [3.8, 4) is 0 Å². The molecule has 0 unspecified atom stereocenters. The van der Waals surface area contributed by atoms with Crippen LogP contribution in [0.4, 0.5) is 0 Å². The van der Waals surface area contributed by atoms with Gasteiger partial charge in [-0.15, -0.1) is 11.3 Å². The summed E-state index contributed by atoms with van der Waals surface area (Å²) in [6.45, 7) is 0. The Morgan fingerprint density at radius 1 is 1.26 bits per heavy atom. The molecule has 1 heterocycles. The molecule has 0 bridgehead atoms. The number of carbonyl (C=O) groups excluding carboxylic acids is 1. The van der Waals surface area contributed by atoms with Crippen LogP contribution in [0.15, 0.2) is 40.8 Å². The first-order chi connectivity index (χ1) is 9.33. The van der Waals surface area contributed by atoms with E-state index in [1.807, 2.05) is 17.5 Å². The molecule has 0 spiro atoms. The van der Waals surface area contributed by atoms with E-state index in [0.29, 0.717) is 4.88 Å². The highest BCUT2D eigenvalue weighted by Gasteiger charge is 2.10. The number of thiophene rings is 1. The van der Waals surface area contributed by atoms with Crippen LogP contribution in [0.2, 0.25) is 0 Å². The molecular weight excluding hydrogens is 256 g/mol. The maximum Gasteiger partial charge on any atom is 0.281 e. The lowest BCUT2D eigenvalue weighted by Gasteiger charge is -2.00. The molecular formula is C15H14N2OS. The van der Waals surface area contributed by atoms with Crippen molar-refractivity contribution >= 4 is 23.5 Å². The van der Waals surface area contributed by atoms with Gasteiger partial charge >= 0.3 is 0 Å². The van der Waals surface area contributed by atoms with Crippen LogP contribution in [-0.4, -0.2) is 12.1 Å². The van der Waals surface area contributed by atoms with E-state index < -0.39 is 0 Å². The lowest BCUT2D eigenvalue weighted by Crippen LogP contribution is -2.16. The number of hydrogen-bond acceptors (Lipinski definition) is 3. The van der Waals surface area contributed by atoms with Gasteiger partial charge in [0.2, 0.25) is 0 Å². The molecule has 1 N–H and O–H groups in total. The number of aryl methyl sites for hydroxylation is 2. The second-order valence-electron chi connectivity index (χ2n) is 4.56. The number of hydrazone groups is 1. The van der Waals surface area contributed by atoms with Crippen molar-refractivity contribution in [1.29, 1.82) is 0 Å². The minimum atomic E-state index is -0.160. The zero-order chi connectivity index (χ0) is 13.1. The van der Waals surface area contributed by atoms with Crippen LogP contribution in [0.25, 0.3) is 0 Å². The average Bonchev–Trinajstić information content (AvgIpc) is 3.09. The zero-order valence-corrected chi connectivity index (χ0v) is 11.2. The van der Waals surface area contributed by atoms with Crippen LogP contribution in [0.1, 0.15) is 32.8 Å². The fourth-order valence-corrected chi connectivity index (χ4v) is 2.91. The van der Waals surface area contributed by atoms with Gasteiger partial charge in [0.05, 0.1) is 11.1 Å². The predicted molar refractivity (Wildman–Crippen MR) is 77.8 cm³/mol.